The standard InChI is InChI=1S/C12H8F2N2O2/c13-6-1-2-7(10(14)3-6)9-5-16-11(15)4-8(9)12(17)18/h1-5H,(H2,15,16)(H,17,18). The lowest BCUT2D eigenvalue weighted by Gasteiger charge is -2.07. The van der Waals surface area contributed by atoms with Gasteiger partial charge < -0.3 is 10.8 Å². The summed E-state index contributed by atoms with van der Waals surface area (Å²) in [6, 6.07) is 4.00. The maximum absolute atomic E-state index is 13.6. The van der Waals surface area contributed by atoms with Crippen LogP contribution < -0.4 is 5.73 Å². The molecule has 2 aromatic rings. The fourth-order valence-electron chi connectivity index (χ4n) is 1.57. The van der Waals surface area contributed by atoms with Crippen molar-refractivity contribution >= 4 is 11.8 Å². The molecule has 0 saturated heterocycles. The Hall–Kier alpha value is -2.50. The number of hydrogen-bond acceptors (Lipinski definition) is 3. The average molecular weight is 250 g/mol. The van der Waals surface area contributed by atoms with Crippen LogP contribution in [-0.2, 0) is 0 Å². The van der Waals surface area contributed by atoms with Crippen LogP contribution in [0.2, 0.25) is 0 Å². The smallest absolute Gasteiger partial charge is 0.336 e. The van der Waals surface area contributed by atoms with Crippen molar-refractivity contribution in [1.29, 1.82) is 0 Å². The fraction of sp³-hybridized carbons (Fsp3) is 0. The van der Waals surface area contributed by atoms with Gasteiger partial charge in [-0.1, -0.05) is 0 Å². The average Bonchev–Trinajstić information content (AvgIpc) is 2.29. The van der Waals surface area contributed by atoms with Gasteiger partial charge in [-0.25, -0.2) is 18.6 Å². The first-order valence-corrected chi connectivity index (χ1v) is 4.93. The summed E-state index contributed by atoms with van der Waals surface area (Å²) in [5.41, 5.74) is 5.20. The first-order valence-electron chi connectivity index (χ1n) is 4.93. The van der Waals surface area contributed by atoms with Gasteiger partial charge in [-0.05, 0) is 18.2 Å². The number of anilines is 1. The molecule has 4 nitrogen and oxygen atoms in total. The second kappa shape index (κ2) is 4.40. The van der Waals surface area contributed by atoms with E-state index in [1.54, 1.807) is 0 Å². The third kappa shape index (κ3) is 2.13. The summed E-state index contributed by atoms with van der Waals surface area (Å²) >= 11 is 0. The number of aromatic carboxylic acids is 1. The molecule has 1 aromatic carbocycles. The molecule has 2 rings (SSSR count). The normalized spacial score (nSPS) is 10.3. The highest BCUT2D eigenvalue weighted by Gasteiger charge is 2.16. The van der Waals surface area contributed by atoms with Crippen LogP contribution in [0.4, 0.5) is 14.6 Å². The summed E-state index contributed by atoms with van der Waals surface area (Å²) in [6.45, 7) is 0. The van der Waals surface area contributed by atoms with Crippen molar-refractivity contribution in [2.45, 2.75) is 0 Å². The lowest BCUT2D eigenvalue weighted by molar-refractivity contribution is 0.0697. The quantitative estimate of drug-likeness (QED) is 0.857. The molecular formula is C12H8F2N2O2. The molecule has 0 bridgehead atoms. The van der Waals surface area contributed by atoms with E-state index in [1.807, 2.05) is 0 Å². The number of nitrogens with two attached hydrogens (primary N) is 1. The van der Waals surface area contributed by atoms with Crippen molar-refractivity contribution in [3.05, 3.63) is 47.7 Å². The summed E-state index contributed by atoms with van der Waals surface area (Å²) < 4.78 is 26.4. The van der Waals surface area contributed by atoms with Crippen LogP contribution >= 0.6 is 0 Å². The van der Waals surface area contributed by atoms with Crippen LogP contribution in [0.1, 0.15) is 10.4 Å². The lowest BCUT2D eigenvalue weighted by atomic mass is 10.0. The molecule has 0 aliphatic carbocycles. The van der Waals surface area contributed by atoms with Crippen molar-refractivity contribution in [3.8, 4) is 11.1 Å². The number of pyridine rings is 1. The van der Waals surface area contributed by atoms with Crippen LogP contribution in [0.15, 0.2) is 30.5 Å². The van der Waals surface area contributed by atoms with Gasteiger partial charge in [-0.15, -0.1) is 0 Å². The number of carboxylic acid groups (broad SMARTS) is 1. The van der Waals surface area contributed by atoms with Crippen LogP contribution in [0.5, 0.6) is 0 Å². The third-order valence-corrected chi connectivity index (χ3v) is 2.38. The zero-order chi connectivity index (χ0) is 13.3. The Labute approximate surface area is 101 Å². The monoisotopic (exact) mass is 250 g/mol. The van der Waals surface area contributed by atoms with E-state index in [9.17, 15) is 13.6 Å². The molecule has 0 saturated carbocycles. The van der Waals surface area contributed by atoms with E-state index in [4.69, 9.17) is 10.8 Å². The first-order chi connectivity index (χ1) is 8.49. The summed E-state index contributed by atoms with van der Waals surface area (Å²) in [6.07, 6.45) is 1.15. The number of nitrogen functional groups attached to an aromatic ring is 1. The first kappa shape index (κ1) is 12.0. The van der Waals surface area contributed by atoms with Crippen molar-refractivity contribution in [2.75, 3.05) is 5.73 Å². The van der Waals surface area contributed by atoms with Crippen molar-refractivity contribution < 1.29 is 18.7 Å². The summed E-state index contributed by atoms with van der Waals surface area (Å²) in [5.74, 6) is -2.85. The van der Waals surface area contributed by atoms with E-state index < -0.39 is 17.6 Å². The molecule has 0 amide bonds. The molecule has 6 heteroatoms. The SMILES string of the molecule is Nc1cc(C(=O)O)c(-c2ccc(F)cc2F)cn1. The molecule has 0 aliphatic heterocycles. The van der Waals surface area contributed by atoms with E-state index in [0.29, 0.717) is 6.07 Å². The Morgan fingerprint density at radius 3 is 2.56 bits per heavy atom. The fourth-order valence-corrected chi connectivity index (χ4v) is 1.57. The zero-order valence-electron chi connectivity index (χ0n) is 9.02. The zero-order valence-corrected chi connectivity index (χ0v) is 9.02. The minimum atomic E-state index is -1.26. The maximum atomic E-state index is 13.6. The van der Waals surface area contributed by atoms with E-state index in [-0.39, 0.29) is 22.5 Å². The molecule has 1 aromatic heterocycles. The Bertz CT molecular complexity index is 629. The number of halogens is 2. The molecule has 0 unspecified atom stereocenters. The van der Waals surface area contributed by atoms with E-state index in [1.165, 1.54) is 0 Å². The summed E-state index contributed by atoms with van der Waals surface area (Å²) in [4.78, 5) is 14.8. The highest BCUT2D eigenvalue weighted by molar-refractivity contribution is 5.96. The molecule has 18 heavy (non-hydrogen) atoms. The van der Waals surface area contributed by atoms with Gasteiger partial charge in [-0.3, -0.25) is 0 Å². The van der Waals surface area contributed by atoms with Crippen LogP contribution in [0.25, 0.3) is 11.1 Å². The van der Waals surface area contributed by atoms with Crippen LogP contribution in [0, 0.1) is 11.6 Å². The van der Waals surface area contributed by atoms with E-state index in [0.717, 1.165) is 24.4 Å². The topological polar surface area (TPSA) is 76.2 Å². The predicted molar refractivity (Wildman–Crippen MR) is 61.0 cm³/mol. The van der Waals surface area contributed by atoms with E-state index in [2.05, 4.69) is 4.98 Å². The molecule has 0 aliphatic rings. The van der Waals surface area contributed by atoms with Gasteiger partial charge >= 0.3 is 5.97 Å². The largest absolute Gasteiger partial charge is 0.478 e. The molecule has 0 atom stereocenters. The van der Waals surface area contributed by atoms with Gasteiger partial charge in [0, 0.05) is 23.4 Å². The van der Waals surface area contributed by atoms with Gasteiger partial charge in [0.15, 0.2) is 0 Å². The molecule has 0 spiro atoms. The summed E-state index contributed by atoms with van der Waals surface area (Å²) in [5, 5.41) is 9.02. The highest BCUT2D eigenvalue weighted by Crippen LogP contribution is 2.27. The molecule has 1 heterocycles. The second-order valence-corrected chi connectivity index (χ2v) is 3.58. The second-order valence-electron chi connectivity index (χ2n) is 3.58. The number of hydrogen-bond donors (Lipinski definition) is 2. The Kier molecular flexibility index (Phi) is 2.93. The van der Waals surface area contributed by atoms with Gasteiger partial charge in [0.25, 0.3) is 0 Å². The predicted octanol–water partition coefficient (Wildman–Crippen LogP) is 2.31. The minimum Gasteiger partial charge on any atom is -0.478 e. The number of nitrogens with zero attached hydrogens (tertiary/aromatic N) is 1. The van der Waals surface area contributed by atoms with Crippen LogP contribution in [0.3, 0.4) is 0 Å². The molecule has 3 N–H and O–H groups in total. The highest BCUT2D eigenvalue weighted by atomic mass is 19.1. The number of carbonyl (C=O) groups is 1. The Morgan fingerprint density at radius 2 is 1.94 bits per heavy atom. The third-order valence-electron chi connectivity index (χ3n) is 2.38. The molecule has 92 valence electrons. The van der Waals surface area contributed by atoms with Gasteiger partial charge in [0.1, 0.15) is 17.5 Å². The van der Waals surface area contributed by atoms with Crippen molar-refractivity contribution in [2.24, 2.45) is 0 Å². The minimum absolute atomic E-state index is 0.0127. The molecule has 0 fully saturated rings. The maximum Gasteiger partial charge on any atom is 0.336 e. The van der Waals surface area contributed by atoms with E-state index >= 15 is 0 Å². The summed E-state index contributed by atoms with van der Waals surface area (Å²) in [7, 11) is 0. The van der Waals surface area contributed by atoms with Gasteiger partial charge in [0.2, 0.25) is 0 Å². The number of aromatic nitrogens is 1. The Balaban J connectivity index is 2.67. The number of rotatable bonds is 2. The number of benzene rings is 1. The van der Waals surface area contributed by atoms with Gasteiger partial charge in [0.05, 0.1) is 5.56 Å². The van der Waals surface area contributed by atoms with Crippen molar-refractivity contribution in [1.82, 2.24) is 4.98 Å². The lowest BCUT2D eigenvalue weighted by Crippen LogP contribution is -2.03. The van der Waals surface area contributed by atoms with Crippen molar-refractivity contribution in [3.63, 3.8) is 0 Å². The van der Waals surface area contributed by atoms with Gasteiger partial charge in [-0.2, -0.15) is 0 Å². The Morgan fingerprint density at radius 1 is 1.22 bits per heavy atom. The molecule has 0 radical (unpaired) electrons. The number of carboxylic acids is 1. The van der Waals surface area contributed by atoms with Crippen LogP contribution in [-0.4, -0.2) is 16.1 Å². The molecular weight excluding hydrogens is 242 g/mol.